The normalized spacial score (nSPS) is 14.4. The van der Waals surface area contributed by atoms with E-state index >= 15 is 0 Å². The molecule has 0 aliphatic carbocycles. The van der Waals surface area contributed by atoms with Crippen LogP contribution in [0.1, 0.15) is 27.0 Å². The quantitative estimate of drug-likeness (QED) is 0.321. The molecule has 3 aromatic rings. The number of ketones is 1. The molecule has 1 aliphatic heterocycles. The highest BCUT2D eigenvalue weighted by Gasteiger charge is 2.21. The number of fused-ring (bicyclic) bond motifs is 1. The zero-order chi connectivity index (χ0) is 22.5. The summed E-state index contributed by atoms with van der Waals surface area (Å²) < 4.78 is 0. The summed E-state index contributed by atoms with van der Waals surface area (Å²) >= 11 is 0. The van der Waals surface area contributed by atoms with E-state index in [9.17, 15) is 20.0 Å². The summed E-state index contributed by atoms with van der Waals surface area (Å²) in [6.07, 6.45) is 0.254. The lowest BCUT2D eigenvalue weighted by Gasteiger charge is -2.30. The summed E-state index contributed by atoms with van der Waals surface area (Å²) in [6, 6.07) is 21.3. The van der Waals surface area contributed by atoms with Crippen LogP contribution in [0.15, 0.2) is 72.8 Å². The molecule has 1 heterocycles. The fraction of sp³-hybridized carbons (Fsp3) is 0.240. The van der Waals surface area contributed by atoms with Gasteiger partial charge >= 0.3 is 0 Å². The highest BCUT2D eigenvalue weighted by molar-refractivity contribution is 6.09. The Morgan fingerprint density at radius 3 is 2.50 bits per heavy atom. The second kappa shape index (κ2) is 9.72. The first-order chi connectivity index (χ1) is 15.5. The summed E-state index contributed by atoms with van der Waals surface area (Å²) in [5.41, 5.74) is 3.43. The first-order valence-corrected chi connectivity index (χ1v) is 10.6. The van der Waals surface area contributed by atoms with Gasteiger partial charge in [0.25, 0.3) is 5.69 Å². The maximum Gasteiger partial charge on any atom is 0.293 e. The number of carbonyl (C=O) groups excluding carboxylic acids is 1. The Hall–Kier alpha value is -3.55. The first kappa shape index (κ1) is 21.7. The zero-order valence-corrected chi connectivity index (χ0v) is 17.6. The van der Waals surface area contributed by atoms with Gasteiger partial charge in [0.1, 0.15) is 5.69 Å². The number of nitro groups is 1. The van der Waals surface area contributed by atoms with Crippen LogP contribution in [0.4, 0.5) is 11.4 Å². The summed E-state index contributed by atoms with van der Waals surface area (Å²) in [5.74, 6) is -0.273. The molecular weight excluding hydrogens is 406 g/mol. The van der Waals surface area contributed by atoms with Crippen molar-refractivity contribution < 1.29 is 14.8 Å². The Bertz CT molecular complexity index is 1120. The molecule has 32 heavy (non-hydrogen) atoms. The van der Waals surface area contributed by atoms with Gasteiger partial charge in [0.2, 0.25) is 0 Å². The van der Waals surface area contributed by atoms with Crippen molar-refractivity contribution >= 4 is 17.2 Å². The number of carbonyl (C=O) groups is 1. The van der Waals surface area contributed by atoms with Gasteiger partial charge in [0.05, 0.1) is 11.0 Å². The number of aliphatic hydroxyl groups is 1. The number of nitrogens with zero attached hydrogens (tertiary/aromatic N) is 2. The second-order valence-corrected chi connectivity index (χ2v) is 7.97. The van der Waals surface area contributed by atoms with Gasteiger partial charge in [-0.05, 0) is 29.7 Å². The average molecular weight is 431 g/mol. The van der Waals surface area contributed by atoms with E-state index < -0.39 is 11.0 Å². The van der Waals surface area contributed by atoms with Crippen molar-refractivity contribution in [2.45, 2.75) is 19.1 Å². The van der Waals surface area contributed by atoms with E-state index in [4.69, 9.17) is 0 Å². The second-order valence-electron chi connectivity index (χ2n) is 7.97. The number of rotatable bonds is 8. The van der Waals surface area contributed by atoms with Crippen LogP contribution in [-0.4, -0.2) is 46.5 Å². The maximum absolute atomic E-state index is 12.6. The summed E-state index contributed by atoms with van der Waals surface area (Å²) in [4.78, 5) is 25.9. The highest BCUT2D eigenvalue weighted by atomic mass is 16.6. The van der Waals surface area contributed by atoms with Crippen molar-refractivity contribution in [3.8, 4) is 0 Å². The average Bonchev–Trinajstić information content (AvgIpc) is 2.82. The van der Waals surface area contributed by atoms with E-state index in [1.54, 1.807) is 36.4 Å². The Balaban J connectivity index is 1.39. The molecule has 1 atom stereocenters. The molecular formula is C25H25N3O4. The molecule has 0 saturated heterocycles. The minimum absolute atomic E-state index is 0.172. The SMILES string of the molecule is O=C(c1ccccc1)c1ccc(NCC(O)CN2CCc3ccccc3C2)c([N+](=O)[O-])c1. The number of hydrogen-bond acceptors (Lipinski definition) is 6. The Kier molecular flexibility index (Phi) is 6.58. The number of nitrogens with one attached hydrogen (secondary N) is 1. The molecule has 0 saturated carbocycles. The molecule has 0 amide bonds. The largest absolute Gasteiger partial charge is 0.390 e. The van der Waals surface area contributed by atoms with Crippen molar-refractivity contribution in [3.63, 3.8) is 0 Å². The topological polar surface area (TPSA) is 95.7 Å². The molecule has 0 fully saturated rings. The Labute approximate surface area is 186 Å². The maximum atomic E-state index is 12.6. The molecule has 0 aromatic heterocycles. The molecule has 164 valence electrons. The van der Waals surface area contributed by atoms with E-state index in [1.165, 1.54) is 23.3 Å². The van der Waals surface area contributed by atoms with Gasteiger partial charge in [-0.3, -0.25) is 19.8 Å². The van der Waals surface area contributed by atoms with E-state index in [0.717, 1.165) is 19.5 Å². The van der Waals surface area contributed by atoms with E-state index in [-0.39, 0.29) is 29.3 Å². The van der Waals surface area contributed by atoms with Gasteiger partial charge in [-0.1, -0.05) is 54.6 Å². The van der Waals surface area contributed by atoms with Crippen LogP contribution < -0.4 is 5.32 Å². The molecule has 0 spiro atoms. The molecule has 0 radical (unpaired) electrons. The van der Waals surface area contributed by atoms with Gasteiger partial charge in [-0.15, -0.1) is 0 Å². The van der Waals surface area contributed by atoms with E-state index in [2.05, 4.69) is 22.3 Å². The minimum atomic E-state index is -0.689. The van der Waals surface area contributed by atoms with Crippen LogP contribution in [0, 0.1) is 10.1 Å². The third kappa shape index (κ3) is 5.01. The van der Waals surface area contributed by atoms with Crippen LogP contribution in [-0.2, 0) is 13.0 Å². The van der Waals surface area contributed by atoms with E-state index in [0.29, 0.717) is 12.1 Å². The summed E-state index contributed by atoms with van der Waals surface area (Å²) in [7, 11) is 0. The number of aliphatic hydroxyl groups excluding tert-OH is 1. The van der Waals surface area contributed by atoms with Gasteiger partial charge < -0.3 is 10.4 Å². The number of nitro benzene ring substituents is 1. The van der Waals surface area contributed by atoms with E-state index in [1.807, 2.05) is 12.1 Å². The Morgan fingerprint density at radius 1 is 1.03 bits per heavy atom. The van der Waals surface area contributed by atoms with Crippen LogP contribution in [0.5, 0.6) is 0 Å². The van der Waals surface area contributed by atoms with Crippen LogP contribution in [0.3, 0.4) is 0 Å². The van der Waals surface area contributed by atoms with Crippen molar-refractivity contribution in [2.24, 2.45) is 0 Å². The van der Waals surface area contributed by atoms with Crippen molar-refractivity contribution in [1.82, 2.24) is 4.90 Å². The van der Waals surface area contributed by atoms with Crippen molar-refractivity contribution in [2.75, 3.05) is 25.0 Å². The predicted octanol–water partition coefficient (Wildman–Crippen LogP) is 3.66. The van der Waals surface area contributed by atoms with Crippen LogP contribution in [0.2, 0.25) is 0 Å². The number of benzene rings is 3. The zero-order valence-electron chi connectivity index (χ0n) is 17.6. The molecule has 0 bridgehead atoms. The molecule has 3 aromatic carbocycles. The van der Waals surface area contributed by atoms with Gasteiger partial charge in [0, 0.05) is 43.4 Å². The monoisotopic (exact) mass is 431 g/mol. The van der Waals surface area contributed by atoms with Crippen LogP contribution >= 0.6 is 0 Å². The standard InChI is InChI=1S/C25H25N3O4/c29-22(17-27-13-12-18-6-4-5-9-21(18)16-27)15-26-23-11-10-20(14-24(23)28(31)32)25(30)19-7-2-1-3-8-19/h1-11,14,22,26,29H,12-13,15-17H2. The smallest absolute Gasteiger partial charge is 0.293 e. The molecule has 4 rings (SSSR count). The lowest BCUT2D eigenvalue weighted by molar-refractivity contribution is -0.384. The highest BCUT2D eigenvalue weighted by Crippen LogP contribution is 2.27. The molecule has 1 aliphatic rings. The molecule has 7 nitrogen and oxygen atoms in total. The number of hydrogen-bond donors (Lipinski definition) is 2. The minimum Gasteiger partial charge on any atom is -0.390 e. The third-order valence-corrected chi connectivity index (χ3v) is 5.70. The fourth-order valence-electron chi connectivity index (χ4n) is 4.03. The fourth-order valence-corrected chi connectivity index (χ4v) is 4.03. The number of β-amino-alcohol motifs (C(OH)–C–C–N with tert-alkyl or cyclic N) is 1. The summed E-state index contributed by atoms with van der Waals surface area (Å²) in [5, 5.41) is 25.1. The van der Waals surface area contributed by atoms with Crippen molar-refractivity contribution in [3.05, 3.63) is 105 Å². The molecule has 2 N–H and O–H groups in total. The van der Waals surface area contributed by atoms with Crippen LogP contribution in [0.25, 0.3) is 0 Å². The molecule has 7 heteroatoms. The third-order valence-electron chi connectivity index (χ3n) is 5.70. The lowest BCUT2D eigenvalue weighted by Crippen LogP contribution is -2.39. The van der Waals surface area contributed by atoms with Gasteiger partial charge in [-0.2, -0.15) is 0 Å². The summed E-state index contributed by atoms with van der Waals surface area (Å²) in [6.45, 7) is 2.29. The Morgan fingerprint density at radius 2 is 1.75 bits per heavy atom. The lowest BCUT2D eigenvalue weighted by atomic mass is 10.00. The van der Waals surface area contributed by atoms with Crippen molar-refractivity contribution in [1.29, 1.82) is 0 Å². The van der Waals surface area contributed by atoms with Gasteiger partial charge in [0.15, 0.2) is 5.78 Å². The predicted molar refractivity (Wildman–Crippen MR) is 123 cm³/mol. The van der Waals surface area contributed by atoms with Gasteiger partial charge in [-0.25, -0.2) is 0 Å². The first-order valence-electron chi connectivity index (χ1n) is 10.6. The number of anilines is 1. The molecule has 1 unspecified atom stereocenters.